The van der Waals surface area contributed by atoms with Crippen LogP contribution >= 0.6 is 0 Å². The van der Waals surface area contributed by atoms with Gasteiger partial charge >= 0.3 is 6.09 Å². The number of nitrogens with zero attached hydrogens (tertiary/aromatic N) is 3. The molecule has 1 unspecified atom stereocenters. The van der Waals surface area contributed by atoms with Gasteiger partial charge in [0.2, 0.25) is 5.91 Å². The van der Waals surface area contributed by atoms with Crippen LogP contribution in [0.2, 0.25) is 0 Å². The smallest absolute Gasteiger partial charge is 0.410 e. The summed E-state index contributed by atoms with van der Waals surface area (Å²) in [4.78, 5) is 45.3. The molecule has 3 amide bonds. The third kappa shape index (κ3) is 6.96. The maximum absolute atomic E-state index is 14.1. The largest absolute Gasteiger partial charge is 0.444 e. The van der Waals surface area contributed by atoms with Crippen LogP contribution in [0, 0.1) is 11.8 Å². The first-order valence-electron chi connectivity index (χ1n) is 14.0. The molecule has 2 saturated heterocycles. The van der Waals surface area contributed by atoms with Crippen LogP contribution in [0.5, 0.6) is 0 Å². The second-order valence-corrected chi connectivity index (χ2v) is 12.1. The molecule has 4 rings (SSSR count). The van der Waals surface area contributed by atoms with Crippen molar-refractivity contribution >= 4 is 29.3 Å². The van der Waals surface area contributed by atoms with Gasteiger partial charge in [-0.3, -0.25) is 9.59 Å². The fraction of sp³-hybridized carbons (Fsp3) is 0.690. The maximum atomic E-state index is 14.1. The van der Waals surface area contributed by atoms with E-state index in [-0.39, 0.29) is 35.8 Å². The van der Waals surface area contributed by atoms with Gasteiger partial charge in [0.1, 0.15) is 5.60 Å². The number of ether oxygens (including phenoxy) is 1. The Hall–Kier alpha value is -2.77. The van der Waals surface area contributed by atoms with Gasteiger partial charge in [0.05, 0.1) is 17.3 Å². The van der Waals surface area contributed by atoms with Crippen molar-refractivity contribution in [3.63, 3.8) is 0 Å². The number of rotatable bonds is 5. The number of nitrogens with one attached hydrogen (secondary N) is 1. The monoisotopic (exact) mass is 512 g/mol. The maximum Gasteiger partial charge on any atom is 0.410 e. The Morgan fingerprint density at radius 2 is 1.65 bits per heavy atom. The van der Waals surface area contributed by atoms with Gasteiger partial charge in [-0.05, 0) is 70.6 Å². The van der Waals surface area contributed by atoms with E-state index < -0.39 is 5.60 Å². The first-order chi connectivity index (χ1) is 17.5. The number of anilines is 2. The van der Waals surface area contributed by atoms with Crippen LogP contribution in [0.3, 0.4) is 0 Å². The molecule has 1 atom stereocenters. The number of carbonyl (C=O) groups excluding carboxylic acids is 3. The summed E-state index contributed by atoms with van der Waals surface area (Å²) in [6.45, 7) is 12.9. The molecule has 2 aliphatic heterocycles. The molecule has 8 nitrogen and oxygen atoms in total. The van der Waals surface area contributed by atoms with Crippen LogP contribution in [-0.4, -0.2) is 72.1 Å². The van der Waals surface area contributed by atoms with Crippen molar-refractivity contribution in [3.8, 4) is 0 Å². The lowest BCUT2D eigenvalue weighted by molar-refractivity contribution is -0.117. The zero-order valence-corrected chi connectivity index (χ0v) is 23.2. The molecule has 2 heterocycles. The van der Waals surface area contributed by atoms with E-state index in [0.29, 0.717) is 25.2 Å². The molecule has 3 aliphatic rings. The van der Waals surface area contributed by atoms with Crippen LogP contribution in [-0.2, 0) is 9.53 Å². The van der Waals surface area contributed by atoms with Crippen molar-refractivity contribution in [1.82, 2.24) is 9.80 Å². The lowest BCUT2D eigenvalue weighted by atomic mass is 9.98. The fourth-order valence-corrected chi connectivity index (χ4v) is 5.23. The van der Waals surface area contributed by atoms with Crippen LogP contribution in [0.4, 0.5) is 16.2 Å². The van der Waals surface area contributed by atoms with Gasteiger partial charge in [-0.15, -0.1) is 0 Å². The Kier molecular flexibility index (Phi) is 8.34. The minimum Gasteiger partial charge on any atom is -0.444 e. The third-order valence-corrected chi connectivity index (χ3v) is 7.49. The van der Waals surface area contributed by atoms with E-state index in [1.807, 2.05) is 43.9 Å². The van der Waals surface area contributed by atoms with Gasteiger partial charge in [0.15, 0.2) is 0 Å². The summed E-state index contributed by atoms with van der Waals surface area (Å²) in [6, 6.07) is 5.61. The lowest BCUT2D eigenvalue weighted by Gasteiger charge is -2.44. The predicted octanol–water partition coefficient (Wildman–Crippen LogP) is 5.13. The second kappa shape index (κ2) is 11.3. The van der Waals surface area contributed by atoms with E-state index in [9.17, 15) is 14.4 Å². The molecule has 1 saturated carbocycles. The summed E-state index contributed by atoms with van der Waals surface area (Å²) in [5.41, 5.74) is 1.76. The number of hydrogen-bond donors (Lipinski definition) is 1. The van der Waals surface area contributed by atoms with E-state index in [0.717, 1.165) is 50.1 Å². The highest BCUT2D eigenvalue weighted by Gasteiger charge is 2.37. The van der Waals surface area contributed by atoms with Gasteiger partial charge in [0, 0.05) is 44.3 Å². The minimum absolute atomic E-state index is 0.0122. The molecule has 1 aromatic carbocycles. The molecule has 8 heteroatoms. The lowest BCUT2D eigenvalue weighted by Crippen LogP contribution is -2.59. The van der Waals surface area contributed by atoms with Gasteiger partial charge in [-0.25, -0.2) is 4.79 Å². The Morgan fingerprint density at radius 3 is 2.24 bits per heavy atom. The molecule has 0 spiro atoms. The van der Waals surface area contributed by atoms with Crippen molar-refractivity contribution < 1.29 is 19.1 Å². The molecule has 0 bridgehead atoms. The summed E-state index contributed by atoms with van der Waals surface area (Å²) in [5.74, 6) is 0.352. The van der Waals surface area contributed by atoms with Crippen LogP contribution < -0.4 is 10.2 Å². The Bertz CT molecular complexity index is 990. The number of carbonyl (C=O) groups is 3. The second-order valence-electron chi connectivity index (χ2n) is 12.1. The van der Waals surface area contributed by atoms with Crippen LogP contribution in [0.25, 0.3) is 0 Å². The topological polar surface area (TPSA) is 82.2 Å². The van der Waals surface area contributed by atoms with E-state index >= 15 is 0 Å². The molecule has 0 radical (unpaired) electrons. The van der Waals surface area contributed by atoms with Crippen molar-refractivity contribution in [2.45, 2.75) is 84.8 Å². The predicted molar refractivity (Wildman–Crippen MR) is 146 cm³/mol. The fourth-order valence-electron chi connectivity index (χ4n) is 5.23. The summed E-state index contributed by atoms with van der Waals surface area (Å²) in [5, 5.41) is 3.06. The number of hydrogen-bond acceptors (Lipinski definition) is 5. The molecule has 1 aromatic rings. The molecule has 3 fully saturated rings. The highest BCUT2D eigenvalue weighted by atomic mass is 16.6. The molecule has 37 heavy (non-hydrogen) atoms. The van der Waals surface area contributed by atoms with Gasteiger partial charge in [0.25, 0.3) is 5.91 Å². The van der Waals surface area contributed by atoms with Crippen molar-refractivity contribution in [2.75, 3.05) is 42.9 Å². The standard InChI is InChI=1S/C29H44N4O4/c1-20(2)25-19-32(28(36)37-29(3,4)5)16-17-33(25)27(35)23-13-12-22(30-26(34)21-10-11-21)18-24(23)31-14-8-6-7-9-15-31/h12-13,18,20-21,25H,6-11,14-17,19H2,1-5H3,(H,30,34). The normalized spacial score (nSPS) is 21.0. The Labute approximate surface area is 221 Å². The first-order valence-corrected chi connectivity index (χ1v) is 14.0. The van der Waals surface area contributed by atoms with Crippen LogP contribution in [0.15, 0.2) is 18.2 Å². The molecule has 1 aliphatic carbocycles. The molecule has 0 aromatic heterocycles. The SMILES string of the molecule is CC(C)C1CN(C(=O)OC(C)(C)C)CCN1C(=O)c1ccc(NC(=O)C2CC2)cc1N1CCCCCC1. The highest BCUT2D eigenvalue weighted by Crippen LogP contribution is 2.33. The highest BCUT2D eigenvalue weighted by molar-refractivity contribution is 6.02. The zero-order valence-electron chi connectivity index (χ0n) is 23.2. The third-order valence-electron chi connectivity index (χ3n) is 7.49. The summed E-state index contributed by atoms with van der Waals surface area (Å²) >= 11 is 0. The van der Waals surface area contributed by atoms with E-state index in [2.05, 4.69) is 24.1 Å². The van der Waals surface area contributed by atoms with Gasteiger partial charge < -0.3 is 24.8 Å². The zero-order chi connectivity index (χ0) is 26.7. The quantitative estimate of drug-likeness (QED) is 0.591. The van der Waals surface area contributed by atoms with Gasteiger partial charge in [-0.2, -0.15) is 0 Å². The van der Waals surface area contributed by atoms with Crippen molar-refractivity contribution in [3.05, 3.63) is 23.8 Å². The van der Waals surface area contributed by atoms with E-state index in [4.69, 9.17) is 4.74 Å². The van der Waals surface area contributed by atoms with Crippen LogP contribution in [0.1, 0.15) is 83.5 Å². The molecule has 1 N–H and O–H groups in total. The number of benzene rings is 1. The average Bonchev–Trinajstić information content (AvgIpc) is 3.70. The Balaban J connectivity index is 1.58. The van der Waals surface area contributed by atoms with Crippen molar-refractivity contribution in [1.29, 1.82) is 0 Å². The minimum atomic E-state index is -0.559. The summed E-state index contributed by atoms with van der Waals surface area (Å²) in [7, 11) is 0. The number of amides is 3. The summed E-state index contributed by atoms with van der Waals surface area (Å²) in [6.07, 6.45) is 6.15. The molecular weight excluding hydrogens is 468 g/mol. The van der Waals surface area contributed by atoms with E-state index in [1.54, 1.807) is 4.90 Å². The first kappa shape index (κ1) is 27.3. The molecule has 204 valence electrons. The summed E-state index contributed by atoms with van der Waals surface area (Å²) < 4.78 is 5.60. The Morgan fingerprint density at radius 1 is 0.973 bits per heavy atom. The van der Waals surface area contributed by atoms with E-state index in [1.165, 1.54) is 12.8 Å². The molecular formula is C29H44N4O4. The van der Waals surface area contributed by atoms with Gasteiger partial charge in [-0.1, -0.05) is 26.7 Å². The van der Waals surface area contributed by atoms with Crippen molar-refractivity contribution in [2.24, 2.45) is 11.8 Å². The average molecular weight is 513 g/mol. The number of piperazine rings is 1.